The van der Waals surface area contributed by atoms with Gasteiger partial charge in [0.25, 0.3) is 0 Å². The number of nitrogens with zero attached hydrogens (tertiary/aromatic N) is 2. The fraction of sp³-hybridized carbons (Fsp3) is 0.200. The van der Waals surface area contributed by atoms with Crippen molar-refractivity contribution < 1.29 is 9.84 Å². The molecule has 0 radical (unpaired) electrons. The van der Waals surface area contributed by atoms with Crippen molar-refractivity contribution in [3.05, 3.63) is 131 Å². The van der Waals surface area contributed by atoms with Crippen LogP contribution in [0.25, 0.3) is 0 Å². The summed E-state index contributed by atoms with van der Waals surface area (Å²) in [5, 5.41) is 21.9. The molecule has 0 spiro atoms. The van der Waals surface area contributed by atoms with Crippen molar-refractivity contribution >= 4 is 5.69 Å². The van der Waals surface area contributed by atoms with E-state index in [4.69, 9.17) is 9.85 Å². The normalized spacial score (nSPS) is 12.6. The molecule has 0 aliphatic heterocycles. The van der Waals surface area contributed by atoms with E-state index >= 15 is 0 Å². The summed E-state index contributed by atoms with van der Waals surface area (Å²) in [6.45, 7) is 4.02. The molecule has 4 nitrogen and oxygen atoms in total. The summed E-state index contributed by atoms with van der Waals surface area (Å²) in [5.41, 5.74) is 3.96. The van der Waals surface area contributed by atoms with Gasteiger partial charge in [0.2, 0.25) is 0 Å². The Morgan fingerprint density at radius 1 is 0.794 bits per heavy atom. The third-order valence-corrected chi connectivity index (χ3v) is 6.09. The van der Waals surface area contributed by atoms with Crippen LogP contribution in [0.1, 0.15) is 27.8 Å². The van der Waals surface area contributed by atoms with E-state index in [0.29, 0.717) is 17.9 Å². The summed E-state index contributed by atoms with van der Waals surface area (Å²) >= 11 is 0. The highest BCUT2D eigenvalue weighted by Crippen LogP contribution is 2.38. The molecule has 0 fully saturated rings. The summed E-state index contributed by atoms with van der Waals surface area (Å²) in [4.78, 5) is 0. The Balaban J connectivity index is 1.87. The lowest BCUT2D eigenvalue weighted by atomic mass is 9.78. The molecule has 34 heavy (non-hydrogen) atoms. The molecule has 0 amide bonds. The van der Waals surface area contributed by atoms with Crippen LogP contribution < -0.4 is 4.74 Å². The van der Waals surface area contributed by atoms with Gasteiger partial charge in [-0.3, -0.25) is 0 Å². The number of hydrogen-bond donors (Lipinski definition) is 1. The molecule has 0 aliphatic rings. The van der Waals surface area contributed by atoms with Crippen LogP contribution in [0.4, 0.5) is 5.69 Å². The molecule has 1 atom stereocenters. The van der Waals surface area contributed by atoms with Crippen molar-refractivity contribution in [3.63, 3.8) is 0 Å². The minimum atomic E-state index is -1.38. The number of hydrogen-bond acceptors (Lipinski definition) is 4. The number of azo groups is 1. The number of aliphatic hydroxyl groups is 1. The first-order valence-electron chi connectivity index (χ1n) is 11.5. The van der Waals surface area contributed by atoms with Crippen LogP contribution in [-0.4, -0.2) is 18.3 Å². The van der Waals surface area contributed by atoms with Gasteiger partial charge >= 0.3 is 0 Å². The van der Waals surface area contributed by atoms with Gasteiger partial charge in [-0.1, -0.05) is 97.1 Å². The number of rotatable bonds is 8. The van der Waals surface area contributed by atoms with Crippen molar-refractivity contribution in [1.82, 2.24) is 0 Å². The van der Waals surface area contributed by atoms with E-state index in [0.717, 1.165) is 27.8 Å². The molecule has 1 unspecified atom stereocenters. The van der Waals surface area contributed by atoms with Crippen LogP contribution in [0.3, 0.4) is 0 Å². The lowest BCUT2D eigenvalue weighted by Crippen LogP contribution is -2.41. The molecule has 4 aromatic rings. The first-order valence-corrected chi connectivity index (χ1v) is 11.5. The zero-order chi connectivity index (χ0) is 24.0. The van der Waals surface area contributed by atoms with Crippen molar-refractivity contribution in [3.8, 4) is 5.75 Å². The lowest BCUT2D eigenvalue weighted by Gasteiger charge is -2.34. The first kappa shape index (κ1) is 23.4. The minimum absolute atomic E-state index is 0.512. The van der Waals surface area contributed by atoms with E-state index in [1.165, 1.54) is 0 Å². The molecular formula is C30H30N2O2. The molecule has 4 rings (SSSR count). The Morgan fingerprint density at radius 3 is 1.85 bits per heavy atom. The van der Waals surface area contributed by atoms with Crippen LogP contribution in [0, 0.1) is 13.8 Å². The molecule has 0 saturated heterocycles. The average Bonchev–Trinajstić information content (AvgIpc) is 2.87. The van der Waals surface area contributed by atoms with Crippen LogP contribution in [-0.2, 0) is 12.0 Å². The van der Waals surface area contributed by atoms with Crippen LogP contribution in [0.5, 0.6) is 5.75 Å². The van der Waals surface area contributed by atoms with E-state index in [1.807, 2.05) is 98.8 Å². The Bertz CT molecular complexity index is 1200. The number of benzene rings is 4. The second-order valence-corrected chi connectivity index (χ2v) is 8.55. The van der Waals surface area contributed by atoms with Gasteiger partial charge in [-0.15, -0.1) is 0 Å². The van der Waals surface area contributed by atoms with Crippen molar-refractivity contribution in [2.24, 2.45) is 10.2 Å². The molecule has 0 bridgehead atoms. The zero-order valence-corrected chi connectivity index (χ0v) is 19.8. The highest BCUT2D eigenvalue weighted by Gasteiger charge is 2.41. The summed E-state index contributed by atoms with van der Waals surface area (Å²) in [6.07, 6.45) is 0.512. The third kappa shape index (κ3) is 4.92. The fourth-order valence-corrected chi connectivity index (χ4v) is 4.45. The summed E-state index contributed by atoms with van der Waals surface area (Å²) < 4.78 is 5.62. The maximum atomic E-state index is 12.4. The molecule has 172 valence electrons. The lowest BCUT2D eigenvalue weighted by molar-refractivity contribution is 0.0502. The van der Waals surface area contributed by atoms with Crippen molar-refractivity contribution in [1.29, 1.82) is 0 Å². The SMILES string of the molecule is COc1c(C)cc(C)cc1N=NC(Cc1ccccc1)C(O)(c1ccccc1)c1ccccc1. The third-order valence-electron chi connectivity index (χ3n) is 6.09. The van der Waals surface area contributed by atoms with Gasteiger partial charge in [-0.25, -0.2) is 0 Å². The van der Waals surface area contributed by atoms with Gasteiger partial charge in [0.15, 0.2) is 0 Å². The highest BCUT2D eigenvalue weighted by atomic mass is 16.5. The van der Waals surface area contributed by atoms with Gasteiger partial charge < -0.3 is 9.84 Å². The van der Waals surface area contributed by atoms with Gasteiger partial charge in [-0.05, 0) is 47.7 Å². The molecule has 0 aromatic heterocycles. The van der Waals surface area contributed by atoms with Crippen LogP contribution in [0.2, 0.25) is 0 Å². The highest BCUT2D eigenvalue weighted by molar-refractivity contribution is 5.57. The van der Waals surface area contributed by atoms with E-state index in [2.05, 4.69) is 23.3 Å². The van der Waals surface area contributed by atoms with Gasteiger partial charge in [0.05, 0.1) is 7.11 Å². The van der Waals surface area contributed by atoms with Crippen LogP contribution in [0.15, 0.2) is 113 Å². The van der Waals surface area contributed by atoms with Crippen molar-refractivity contribution in [2.45, 2.75) is 31.9 Å². The Hall–Kier alpha value is -3.76. The fourth-order valence-electron chi connectivity index (χ4n) is 4.45. The van der Waals surface area contributed by atoms with Crippen LogP contribution >= 0.6 is 0 Å². The van der Waals surface area contributed by atoms with Gasteiger partial charge in [0, 0.05) is 6.42 Å². The summed E-state index contributed by atoms with van der Waals surface area (Å²) in [6, 6.07) is 32.9. The predicted molar refractivity (Wildman–Crippen MR) is 137 cm³/mol. The number of methoxy groups -OCH3 is 1. The number of ether oxygens (including phenoxy) is 1. The largest absolute Gasteiger partial charge is 0.494 e. The van der Waals surface area contributed by atoms with Gasteiger partial charge in [0.1, 0.15) is 23.1 Å². The Labute approximate surface area is 201 Å². The average molecular weight is 451 g/mol. The summed E-state index contributed by atoms with van der Waals surface area (Å²) in [5.74, 6) is 0.691. The quantitative estimate of drug-likeness (QED) is 0.296. The number of aryl methyl sites for hydroxylation is 2. The van der Waals surface area contributed by atoms with E-state index in [1.54, 1.807) is 7.11 Å². The molecule has 4 heteroatoms. The molecule has 0 heterocycles. The Morgan fingerprint density at radius 2 is 1.32 bits per heavy atom. The minimum Gasteiger partial charge on any atom is -0.494 e. The molecule has 4 aromatic carbocycles. The predicted octanol–water partition coefficient (Wildman–Crippen LogP) is 6.94. The van der Waals surface area contributed by atoms with E-state index < -0.39 is 11.6 Å². The maximum absolute atomic E-state index is 12.4. The summed E-state index contributed by atoms with van der Waals surface area (Å²) in [7, 11) is 1.64. The second-order valence-electron chi connectivity index (χ2n) is 8.55. The second kappa shape index (κ2) is 10.4. The van der Waals surface area contributed by atoms with Crippen molar-refractivity contribution in [2.75, 3.05) is 7.11 Å². The molecule has 0 saturated carbocycles. The van der Waals surface area contributed by atoms with E-state index in [9.17, 15) is 5.11 Å². The van der Waals surface area contributed by atoms with Gasteiger partial charge in [-0.2, -0.15) is 10.2 Å². The molecular weight excluding hydrogens is 420 g/mol. The standard InChI is InChI=1S/C30H30N2O2/c1-22-19-23(2)29(34-3)27(20-22)31-32-28(21-24-13-7-4-8-14-24)30(33,25-15-9-5-10-16-25)26-17-11-6-12-18-26/h4-20,28,33H,21H2,1-3H3. The van der Waals surface area contributed by atoms with E-state index in [-0.39, 0.29) is 0 Å². The smallest absolute Gasteiger partial charge is 0.149 e. The Kier molecular flexibility index (Phi) is 7.19. The topological polar surface area (TPSA) is 54.2 Å². The molecule has 1 N–H and O–H groups in total. The monoisotopic (exact) mass is 450 g/mol. The first-order chi connectivity index (χ1) is 16.5. The zero-order valence-electron chi connectivity index (χ0n) is 19.8. The molecule has 0 aliphatic carbocycles. The maximum Gasteiger partial charge on any atom is 0.149 e.